The van der Waals surface area contributed by atoms with Crippen LogP contribution in [0.2, 0.25) is 0 Å². The number of H-pyrrole nitrogens is 1. The third kappa shape index (κ3) is 4.08. The van der Waals surface area contributed by atoms with Crippen LogP contribution in [0.5, 0.6) is 5.75 Å². The quantitative estimate of drug-likeness (QED) is 0.740. The third-order valence-electron chi connectivity index (χ3n) is 3.16. The number of aromatic amines is 1. The minimum absolute atomic E-state index is 0.0186. The SMILES string of the molecule is O=C(Nc1cc(-c2ccc(OC(F)F)cc2)no1)c1cc[nH]c(=O)c1. The highest BCUT2D eigenvalue weighted by Crippen LogP contribution is 2.24. The van der Waals surface area contributed by atoms with E-state index in [0.29, 0.717) is 11.3 Å². The number of carbonyl (C=O) groups excluding carboxylic acids is 1. The van der Waals surface area contributed by atoms with E-state index in [-0.39, 0.29) is 17.2 Å². The van der Waals surface area contributed by atoms with Gasteiger partial charge < -0.3 is 14.2 Å². The molecule has 3 rings (SSSR count). The van der Waals surface area contributed by atoms with E-state index in [1.807, 2.05) is 0 Å². The first kappa shape index (κ1) is 16.4. The minimum atomic E-state index is -2.90. The topological polar surface area (TPSA) is 97.2 Å². The van der Waals surface area contributed by atoms with Crippen molar-refractivity contribution in [2.45, 2.75) is 6.61 Å². The lowest BCUT2D eigenvalue weighted by molar-refractivity contribution is -0.0498. The molecule has 0 aliphatic rings. The molecule has 0 unspecified atom stereocenters. The summed E-state index contributed by atoms with van der Waals surface area (Å²) in [7, 11) is 0. The van der Waals surface area contributed by atoms with Crippen LogP contribution in [0.4, 0.5) is 14.7 Å². The molecule has 7 nitrogen and oxygen atoms in total. The van der Waals surface area contributed by atoms with E-state index in [1.165, 1.54) is 42.6 Å². The van der Waals surface area contributed by atoms with Crippen molar-refractivity contribution in [1.29, 1.82) is 0 Å². The molecule has 1 amide bonds. The van der Waals surface area contributed by atoms with Gasteiger partial charge in [0.2, 0.25) is 11.4 Å². The van der Waals surface area contributed by atoms with E-state index in [1.54, 1.807) is 0 Å². The van der Waals surface area contributed by atoms with Crippen molar-refractivity contribution in [1.82, 2.24) is 10.1 Å². The number of carbonyl (C=O) groups is 1. The highest BCUT2D eigenvalue weighted by Gasteiger charge is 2.12. The zero-order valence-electron chi connectivity index (χ0n) is 12.5. The standard InChI is InChI=1S/C16H11F2N3O4/c17-16(18)24-11-3-1-9(2-4-11)12-8-14(25-21-12)20-15(23)10-5-6-19-13(22)7-10/h1-8,16H,(H,19,22)(H,20,23). The van der Waals surface area contributed by atoms with Gasteiger partial charge in [0, 0.05) is 29.5 Å². The first-order valence-electron chi connectivity index (χ1n) is 7.03. The molecule has 9 heteroatoms. The van der Waals surface area contributed by atoms with Crippen molar-refractivity contribution in [3.63, 3.8) is 0 Å². The van der Waals surface area contributed by atoms with E-state index in [9.17, 15) is 18.4 Å². The Morgan fingerprint density at radius 3 is 2.64 bits per heavy atom. The van der Waals surface area contributed by atoms with Gasteiger partial charge in [0.1, 0.15) is 11.4 Å². The zero-order valence-corrected chi connectivity index (χ0v) is 12.5. The Morgan fingerprint density at radius 2 is 1.96 bits per heavy atom. The highest BCUT2D eigenvalue weighted by atomic mass is 19.3. The maximum Gasteiger partial charge on any atom is 0.387 e. The second-order valence-corrected chi connectivity index (χ2v) is 4.88. The summed E-state index contributed by atoms with van der Waals surface area (Å²) in [5, 5.41) is 6.26. The number of hydrogen-bond acceptors (Lipinski definition) is 5. The smallest absolute Gasteiger partial charge is 0.387 e. The number of nitrogens with zero attached hydrogens (tertiary/aromatic N) is 1. The summed E-state index contributed by atoms with van der Waals surface area (Å²) in [6.07, 6.45) is 1.35. The Labute approximate surface area is 139 Å². The fraction of sp³-hybridized carbons (Fsp3) is 0.0625. The molecule has 0 atom stereocenters. The van der Waals surface area contributed by atoms with Gasteiger partial charge in [0.15, 0.2) is 0 Å². The van der Waals surface area contributed by atoms with Gasteiger partial charge in [0.25, 0.3) is 5.91 Å². The van der Waals surface area contributed by atoms with Crippen LogP contribution >= 0.6 is 0 Å². The molecule has 3 aromatic rings. The summed E-state index contributed by atoms with van der Waals surface area (Å²) in [6.45, 7) is -2.90. The Kier molecular flexibility index (Phi) is 4.55. The maximum absolute atomic E-state index is 12.1. The van der Waals surface area contributed by atoms with Gasteiger partial charge in [-0.05, 0) is 30.3 Å². The van der Waals surface area contributed by atoms with Crippen molar-refractivity contribution in [2.24, 2.45) is 0 Å². The van der Waals surface area contributed by atoms with E-state index < -0.39 is 18.1 Å². The number of pyridine rings is 1. The van der Waals surface area contributed by atoms with Crippen molar-refractivity contribution in [2.75, 3.05) is 5.32 Å². The second-order valence-electron chi connectivity index (χ2n) is 4.88. The van der Waals surface area contributed by atoms with Crippen LogP contribution in [-0.2, 0) is 0 Å². The molecule has 0 aliphatic carbocycles. The van der Waals surface area contributed by atoms with E-state index in [0.717, 1.165) is 6.07 Å². The van der Waals surface area contributed by atoms with E-state index in [4.69, 9.17) is 4.52 Å². The van der Waals surface area contributed by atoms with Crippen molar-refractivity contribution >= 4 is 11.8 Å². The maximum atomic E-state index is 12.1. The van der Waals surface area contributed by atoms with Crippen LogP contribution in [-0.4, -0.2) is 22.7 Å². The predicted octanol–water partition coefficient (Wildman–Crippen LogP) is 2.88. The molecule has 128 valence electrons. The molecule has 0 saturated heterocycles. The Balaban J connectivity index is 1.72. The number of anilines is 1. The van der Waals surface area contributed by atoms with E-state index >= 15 is 0 Å². The lowest BCUT2D eigenvalue weighted by Gasteiger charge is -2.04. The van der Waals surface area contributed by atoms with Gasteiger partial charge in [-0.2, -0.15) is 8.78 Å². The number of hydrogen-bond donors (Lipinski definition) is 2. The summed E-state index contributed by atoms with van der Waals surface area (Å²) in [5.41, 5.74) is 0.735. The van der Waals surface area contributed by atoms with Gasteiger partial charge in [-0.3, -0.25) is 14.9 Å². The number of rotatable bonds is 5. The molecule has 0 radical (unpaired) electrons. The average molecular weight is 347 g/mol. The number of amides is 1. The molecule has 2 heterocycles. The molecule has 1 aromatic carbocycles. The predicted molar refractivity (Wildman–Crippen MR) is 83.6 cm³/mol. The minimum Gasteiger partial charge on any atom is -0.435 e. The zero-order chi connectivity index (χ0) is 17.8. The number of nitrogens with one attached hydrogen (secondary N) is 2. The summed E-state index contributed by atoms with van der Waals surface area (Å²) in [6, 6.07) is 9.84. The normalized spacial score (nSPS) is 10.7. The number of benzene rings is 1. The van der Waals surface area contributed by atoms with Gasteiger partial charge in [0.05, 0.1) is 0 Å². The first-order valence-corrected chi connectivity index (χ1v) is 7.03. The Morgan fingerprint density at radius 1 is 1.20 bits per heavy atom. The largest absolute Gasteiger partial charge is 0.435 e. The highest BCUT2D eigenvalue weighted by molar-refractivity contribution is 6.03. The van der Waals surface area contributed by atoms with Gasteiger partial charge >= 0.3 is 6.61 Å². The van der Waals surface area contributed by atoms with Crippen molar-refractivity contribution in [3.05, 3.63) is 64.6 Å². The molecule has 0 aliphatic heterocycles. The van der Waals surface area contributed by atoms with Crippen LogP contribution < -0.4 is 15.6 Å². The molecular weight excluding hydrogens is 336 g/mol. The third-order valence-corrected chi connectivity index (χ3v) is 3.16. The fourth-order valence-corrected chi connectivity index (χ4v) is 2.05. The van der Waals surface area contributed by atoms with E-state index in [2.05, 4.69) is 20.2 Å². The molecule has 0 fully saturated rings. The van der Waals surface area contributed by atoms with Crippen LogP contribution in [0.25, 0.3) is 11.3 Å². The summed E-state index contributed by atoms with van der Waals surface area (Å²) < 4.78 is 33.5. The summed E-state index contributed by atoms with van der Waals surface area (Å²) >= 11 is 0. The molecule has 0 saturated carbocycles. The number of ether oxygens (including phenoxy) is 1. The molecule has 2 aromatic heterocycles. The van der Waals surface area contributed by atoms with Crippen LogP contribution in [0.15, 0.2) is 58.0 Å². The fourth-order valence-electron chi connectivity index (χ4n) is 2.05. The molecule has 0 spiro atoms. The molecular formula is C16H11F2N3O4. The number of alkyl halides is 2. The monoisotopic (exact) mass is 347 g/mol. The van der Waals surface area contributed by atoms with Gasteiger partial charge in [-0.15, -0.1) is 0 Å². The molecule has 0 bridgehead atoms. The lowest BCUT2D eigenvalue weighted by atomic mass is 10.1. The van der Waals surface area contributed by atoms with Crippen LogP contribution in [0, 0.1) is 0 Å². The Bertz CT molecular complexity index is 935. The van der Waals surface area contributed by atoms with Crippen molar-refractivity contribution < 1.29 is 22.8 Å². The Hall–Kier alpha value is -3.49. The lowest BCUT2D eigenvalue weighted by Crippen LogP contribution is -2.15. The summed E-state index contributed by atoms with van der Waals surface area (Å²) in [4.78, 5) is 25.6. The molecule has 2 N–H and O–H groups in total. The second kappa shape index (κ2) is 6.95. The average Bonchev–Trinajstić information content (AvgIpc) is 3.03. The van der Waals surface area contributed by atoms with Crippen molar-refractivity contribution in [3.8, 4) is 17.0 Å². The number of halogens is 2. The first-order chi connectivity index (χ1) is 12.0. The number of aromatic nitrogens is 2. The van der Waals surface area contributed by atoms with Crippen LogP contribution in [0.3, 0.4) is 0 Å². The van der Waals surface area contributed by atoms with Crippen LogP contribution in [0.1, 0.15) is 10.4 Å². The molecule has 25 heavy (non-hydrogen) atoms. The van der Waals surface area contributed by atoms with Gasteiger partial charge in [-0.25, -0.2) is 0 Å². The summed E-state index contributed by atoms with van der Waals surface area (Å²) in [5.74, 6) is -0.437. The van der Waals surface area contributed by atoms with Gasteiger partial charge in [-0.1, -0.05) is 5.16 Å².